The molecular formula is C22H25N5O. The molecule has 6 heteroatoms. The van der Waals surface area contributed by atoms with Crippen molar-refractivity contribution in [3.8, 4) is 11.5 Å². The minimum atomic E-state index is 0.565. The van der Waals surface area contributed by atoms with Gasteiger partial charge in [0.1, 0.15) is 5.69 Å². The van der Waals surface area contributed by atoms with Gasteiger partial charge in [0.25, 0.3) is 0 Å². The summed E-state index contributed by atoms with van der Waals surface area (Å²) in [5.74, 6) is 1.23. The normalized spacial score (nSPS) is 20.8. The SMILES string of the molecule is c1ccc(-c2noc(CN3CCN(C4CCc5ccccc5C4)CC3)n2)nc1. The number of aromatic nitrogens is 3. The van der Waals surface area contributed by atoms with Crippen molar-refractivity contribution in [3.63, 3.8) is 0 Å². The molecule has 1 saturated heterocycles. The van der Waals surface area contributed by atoms with Crippen LogP contribution >= 0.6 is 0 Å². The first kappa shape index (κ1) is 17.5. The predicted molar refractivity (Wildman–Crippen MR) is 107 cm³/mol. The summed E-state index contributed by atoms with van der Waals surface area (Å²) in [6, 6.07) is 15.3. The minimum absolute atomic E-state index is 0.565. The van der Waals surface area contributed by atoms with Crippen molar-refractivity contribution in [2.75, 3.05) is 26.2 Å². The molecule has 3 heterocycles. The predicted octanol–water partition coefficient (Wildman–Crippen LogP) is 2.81. The van der Waals surface area contributed by atoms with Gasteiger partial charge in [0.05, 0.1) is 6.54 Å². The second kappa shape index (κ2) is 7.81. The Bertz CT molecular complexity index is 917. The van der Waals surface area contributed by atoms with Crippen LogP contribution in [0.5, 0.6) is 0 Å². The molecule has 6 nitrogen and oxygen atoms in total. The average molecular weight is 375 g/mol. The zero-order valence-electron chi connectivity index (χ0n) is 16.0. The standard InChI is InChI=1S/C22H25N5O/c1-2-6-18-15-19(9-8-17(18)5-1)27-13-11-26(12-14-27)16-21-24-22(25-28-21)20-7-3-4-10-23-20/h1-7,10,19H,8-9,11-16H2. The topological polar surface area (TPSA) is 58.3 Å². The Balaban J connectivity index is 1.16. The third kappa shape index (κ3) is 3.70. The fourth-order valence-corrected chi connectivity index (χ4v) is 4.39. The smallest absolute Gasteiger partial charge is 0.241 e. The largest absolute Gasteiger partial charge is 0.337 e. The van der Waals surface area contributed by atoms with Crippen LogP contribution in [0.4, 0.5) is 0 Å². The monoisotopic (exact) mass is 375 g/mol. The Morgan fingerprint density at radius 1 is 0.964 bits per heavy atom. The van der Waals surface area contributed by atoms with Crippen LogP contribution in [0, 0.1) is 0 Å². The Kier molecular flexibility index (Phi) is 4.89. The summed E-state index contributed by atoms with van der Waals surface area (Å²) in [7, 11) is 0. The summed E-state index contributed by atoms with van der Waals surface area (Å²) in [6.45, 7) is 5.00. The molecule has 1 fully saturated rings. The summed E-state index contributed by atoms with van der Waals surface area (Å²) >= 11 is 0. The van der Waals surface area contributed by atoms with Gasteiger partial charge < -0.3 is 4.52 Å². The number of aryl methyl sites for hydroxylation is 1. The number of nitrogens with zero attached hydrogens (tertiary/aromatic N) is 5. The van der Waals surface area contributed by atoms with Crippen LogP contribution in [0.1, 0.15) is 23.4 Å². The van der Waals surface area contributed by atoms with E-state index in [2.05, 4.69) is 49.2 Å². The van der Waals surface area contributed by atoms with Gasteiger partial charge in [-0.05, 0) is 42.5 Å². The molecule has 1 unspecified atom stereocenters. The van der Waals surface area contributed by atoms with E-state index in [1.165, 1.54) is 30.4 Å². The van der Waals surface area contributed by atoms with Crippen LogP contribution in [-0.2, 0) is 19.4 Å². The molecule has 0 spiro atoms. The van der Waals surface area contributed by atoms with Crippen molar-refractivity contribution in [3.05, 3.63) is 65.7 Å². The Labute approximate surface area is 165 Å². The van der Waals surface area contributed by atoms with Crippen molar-refractivity contribution in [1.29, 1.82) is 0 Å². The van der Waals surface area contributed by atoms with Gasteiger partial charge >= 0.3 is 0 Å². The van der Waals surface area contributed by atoms with Gasteiger partial charge in [-0.3, -0.25) is 14.8 Å². The van der Waals surface area contributed by atoms with Crippen LogP contribution < -0.4 is 0 Å². The van der Waals surface area contributed by atoms with E-state index in [0.29, 0.717) is 24.3 Å². The van der Waals surface area contributed by atoms with Crippen LogP contribution in [0.25, 0.3) is 11.5 Å². The van der Waals surface area contributed by atoms with Gasteiger partial charge in [-0.1, -0.05) is 35.5 Å². The highest BCUT2D eigenvalue weighted by Crippen LogP contribution is 2.25. The Hall–Kier alpha value is -2.57. The van der Waals surface area contributed by atoms with Crippen LogP contribution in [0.2, 0.25) is 0 Å². The highest BCUT2D eigenvalue weighted by atomic mass is 16.5. The summed E-state index contributed by atoms with van der Waals surface area (Å²) < 4.78 is 5.45. The number of rotatable bonds is 4. The van der Waals surface area contributed by atoms with Gasteiger partial charge in [-0.15, -0.1) is 0 Å². The Morgan fingerprint density at radius 2 is 1.79 bits per heavy atom. The molecule has 2 aliphatic rings. The van der Waals surface area contributed by atoms with Crippen molar-refractivity contribution in [2.24, 2.45) is 0 Å². The maximum Gasteiger partial charge on any atom is 0.241 e. The quantitative estimate of drug-likeness (QED) is 0.699. The Morgan fingerprint density at radius 3 is 2.61 bits per heavy atom. The molecule has 1 atom stereocenters. The van der Waals surface area contributed by atoms with E-state index in [1.54, 1.807) is 6.20 Å². The van der Waals surface area contributed by atoms with Gasteiger partial charge in [0.15, 0.2) is 0 Å². The van der Waals surface area contributed by atoms with Gasteiger partial charge in [0, 0.05) is 38.4 Å². The number of piperazine rings is 1. The molecule has 0 saturated carbocycles. The second-order valence-corrected chi connectivity index (χ2v) is 7.70. The molecule has 1 aromatic carbocycles. The molecule has 0 bridgehead atoms. The summed E-state index contributed by atoms with van der Waals surface area (Å²) in [5, 5.41) is 4.08. The first-order chi connectivity index (χ1) is 13.8. The van der Waals surface area contributed by atoms with Crippen molar-refractivity contribution >= 4 is 0 Å². The molecule has 0 radical (unpaired) electrons. The van der Waals surface area contributed by atoms with Crippen LogP contribution in [0.15, 0.2) is 53.2 Å². The highest BCUT2D eigenvalue weighted by molar-refractivity contribution is 5.47. The summed E-state index contributed by atoms with van der Waals surface area (Å²) in [6.07, 6.45) is 5.41. The van der Waals surface area contributed by atoms with E-state index in [4.69, 9.17) is 4.52 Å². The molecule has 2 aromatic heterocycles. The number of hydrogen-bond donors (Lipinski definition) is 0. The lowest BCUT2D eigenvalue weighted by Gasteiger charge is -2.40. The minimum Gasteiger partial charge on any atom is -0.337 e. The lowest BCUT2D eigenvalue weighted by Crippen LogP contribution is -2.51. The van der Waals surface area contributed by atoms with Crippen molar-refractivity contribution < 1.29 is 4.52 Å². The maximum atomic E-state index is 5.45. The molecule has 1 aliphatic heterocycles. The van der Waals surface area contributed by atoms with Crippen molar-refractivity contribution in [1.82, 2.24) is 24.9 Å². The molecule has 5 rings (SSSR count). The zero-order valence-corrected chi connectivity index (χ0v) is 16.0. The van der Waals surface area contributed by atoms with Gasteiger partial charge in [-0.2, -0.15) is 4.98 Å². The molecule has 28 heavy (non-hydrogen) atoms. The van der Waals surface area contributed by atoms with E-state index >= 15 is 0 Å². The first-order valence-electron chi connectivity index (χ1n) is 10.1. The molecule has 0 N–H and O–H groups in total. The molecular weight excluding hydrogens is 350 g/mol. The fraction of sp³-hybridized carbons (Fsp3) is 0.409. The number of benzene rings is 1. The average Bonchev–Trinajstić information content (AvgIpc) is 3.23. The molecule has 3 aromatic rings. The van der Waals surface area contributed by atoms with E-state index in [9.17, 15) is 0 Å². The van der Waals surface area contributed by atoms with Crippen molar-refractivity contribution in [2.45, 2.75) is 31.8 Å². The second-order valence-electron chi connectivity index (χ2n) is 7.70. The van der Waals surface area contributed by atoms with Gasteiger partial charge in [-0.25, -0.2) is 0 Å². The van der Waals surface area contributed by atoms with E-state index < -0.39 is 0 Å². The number of hydrogen-bond acceptors (Lipinski definition) is 6. The third-order valence-electron chi connectivity index (χ3n) is 5.97. The summed E-state index contributed by atoms with van der Waals surface area (Å²) in [4.78, 5) is 13.9. The first-order valence-corrected chi connectivity index (χ1v) is 10.1. The lowest BCUT2D eigenvalue weighted by molar-refractivity contribution is 0.0795. The molecule has 144 valence electrons. The van der Waals surface area contributed by atoms with E-state index in [1.807, 2.05) is 18.2 Å². The maximum absolute atomic E-state index is 5.45. The number of pyridine rings is 1. The fourth-order valence-electron chi connectivity index (χ4n) is 4.39. The van der Waals surface area contributed by atoms with E-state index in [-0.39, 0.29) is 0 Å². The lowest BCUT2D eigenvalue weighted by atomic mass is 9.87. The zero-order chi connectivity index (χ0) is 18.8. The third-order valence-corrected chi connectivity index (χ3v) is 5.97. The van der Waals surface area contributed by atoms with E-state index in [0.717, 1.165) is 31.9 Å². The molecule has 0 amide bonds. The van der Waals surface area contributed by atoms with Crippen LogP contribution in [0.3, 0.4) is 0 Å². The van der Waals surface area contributed by atoms with Crippen LogP contribution in [-0.4, -0.2) is 57.1 Å². The van der Waals surface area contributed by atoms with Gasteiger partial charge in [0.2, 0.25) is 11.7 Å². The summed E-state index contributed by atoms with van der Waals surface area (Å²) in [5.41, 5.74) is 3.83. The number of fused-ring (bicyclic) bond motifs is 1. The highest BCUT2D eigenvalue weighted by Gasteiger charge is 2.27. The molecule has 1 aliphatic carbocycles.